The summed E-state index contributed by atoms with van der Waals surface area (Å²) >= 11 is 0. The van der Waals surface area contributed by atoms with Crippen LogP contribution in [-0.2, 0) is 0 Å². The summed E-state index contributed by atoms with van der Waals surface area (Å²) in [4.78, 5) is 0. The van der Waals surface area contributed by atoms with Gasteiger partial charge in [0.2, 0.25) is 0 Å². The number of hydrogen-bond acceptors (Lipinski definition) is 0. The zero-order valence-electron chi connectivity index (χ0n) is 7.22. The smallest absolute Gasteiger partial charge is 0.0100 e. The Hall–Kier alpha value is 0.506. The van der Waals surface area contributed by atoms with Crippen LogP contribution in [0.4, 0.5) is 0 Å². The maximum atomic E-state index is 2.15. The van der Waals surface area contributed by atoms with Crippen molar-refractivity contribution in [3.05, 3.63) is 60.7 Å². The molecule has 0 aliphatic heterocycles. The van der Waals surface area contributed by atoms with Gasteiger partial charge in [0.1, 0.15) is 0 Å². The minimum absolute atomic E-state index is 0. The summed E-state index contributed by atoms with van der Waals surface area (Å²) < 4.78 is 0. The van der Waals surface area contributed by atoms with Crippen LogP contribution in [0.3, 0.4) is 0 Å². The Kier molecular flexibility index (Phi) is 6.19. The Labute approximate surface area is 129 Å². The van der Waals surface area contributed by atoms with Crippen molar-refractivity contribution in [1.82, 2.24) is 0 Å². The average molecular weight is 225 g/mol. The molecule has 2 heteroatoms. The van der Waals surface area contributed by atoms with E-state index in [-0.39, 0.29) is 51.4 Å². The van der Waals surface area contributed by atoms with Crippen LogP contribution in [0.5, 0.6) is 0 Å². The van der Waals surface area contributed by atoms with E-state index in [1.54, 1.807) is 0 Å². The van der Waals surface area contributed by atoms with Crippen LogP contribution in [0.15, 0.2) is 60.7 Å². The minimum Gasteiger partial charge on any atom is -0.0622 e. The predicted octanol–water partition coefficient (Wildman–Crippen LogP) is 1.94. The largest absolute Gasteiger partial charge is 0.0622 e. The van der Waals surface area contributed by atoms with Gasteiger partial charge in [-0.3, -0.25) is 0 Å². The standard InChI is InChI=1S/C12H10P.K.H/c1-3-7-11(8-4-1)13-12-9-5-2-6-10-12;;/h1-10H;;. The third-order valence-electron chi connectivity index (χ3n) is 1.77. The second kappa shape index (κ2) is 6.89. The molecule has 0 fully saturated rings. The average Bonchev–Trinajstić information content (AvgIpc) is 2.21. The Morgan fingerprint density at radius 1 is 0.571 bits per heavy atom. The van der Waals surface area contributed by atoms with Crippen molar-refractivity contribution in [2.45, 2.75) is 0 Å². The number of rotatable bonds is 2. The van der Waals surface area contributed by atoms with Crippen molar-refractivity contribution in [2.24, 2.45) is 0 Å². The zero-order chi connectivity index (χ0) is 8.93. The summed E-state index contributed by atoms with van der Waals surface area (Å²) in [6.07, 6.45) is 0. The molecule has 0 unspecified atom stereocenters. The molecule has 0 atom stereocenters. The maximum Gasteiger partial charge on any atom is -0.0100 e. The van der Waals surface area contributed by atoms with Gasteiger partial charge in [0.15, 0.2) is 0 Å². The molecule has 0 aromatic heterocycles. The minimum atomic E-state index is 0. The molecule has 0 bridgehead atoms. The van der Waals surface area contributed by atoms with Crippen molar-refractivity contribution in [1.29, 1.82) is 0 Å². The van der Waals surface area contributed by atoms with Crippen LogP contribution < -0.4 is 10.6 Å². The Morgan fingerprint density at radius 2 is 0.929 bits per heavy atom. The van der Waals surface area contributed by atoms with E-state index in [0.29, 0.717) is 0 Å². The Bertz CT molecular complexity index is 321. The fourth-order valence-electron chi connectivity index (χ4n) is 1.15. The number of benzene rings is 2. The summed E-state index contributed by atoms with van der Waals surface area (Å²) in [6.45, 7) is 0. The maximum absolute atomic E-state index is 2.15. The molecule has 0 aliphatic carbocycles. The summed E-state index contributed by atoms with van der Waals surface area (Å²) in [5, 5.41) is 2.68. The molecule has 2 rings (SSSR count). The van der Waals surface area contributed by atoms with E-state index in [0.717, 1.165) is 0 Å². The van der Waals surface area contributed by atoms with E-state index in [4.69, 9.17) is 0 Å². The van der Waals surface area contributed by atoms with Gasteiger partial charge in [-0.1, -0.05) is 60.7 Å². The zero-order valence-corrected chi connectivity index (χ0v) is 8.12. The molecule has 0 N–H and O–H groups in total. The molecule has 2 aromatic rings. The summed E-state index contributed by atoms with van der Waals surface area (Å²) in [5.74, 6) is 0. The fourth-order valence-corrected chi connectivity index (χ4v) is 2.09. The third kappa shape index (κ3) is 3.94. The first-order valence-electron chi connectivity index (χ1n) is 4.27. The van der Waals surface area contributed by atoms with E-state index in [9.17, 15) is 0 Å². The van der Waals surface area contributed by atoms with Gasteiger partial charge in [-0.2, -0.15) is 0 Å². The van der Waals surface area contributed by atoms with E-state index in [1.165, 1.54) is 19.2 Å². The van der Waals surface area contributed by atoms with Gasteiger partial charge in [-0.25, -0.2) is 0 Å². The molecule has 1 radical (unpaired) electrons. The predicted molar refractivity (Wildman–Crippen MR) is 66.2 cm³/mol. The molecule has 14 heavy (non-hydrogen) atoms. The quantitative estimate of drug-likeness (QED) is 0.541. The molecular weight excluding hydrogens is 214 g/mol. The van der Waals surface area contributed by atoms with Gasteiger partial charge < -0.3 is 0 Å². The first-order valence-corrected chi connectivity index (χ1v) is 5.16. The van der Waals surface area contributed by atoms with Crippen LogP contribution >= 0.6 is 8.58 Å². The molecule has 65 valence electrons. The second-order valence-corrected chi connectivity index (χ2v) is 4.04. The van der Waals surface area contributed by atoms with Crippen LogP contribution in [0.25, 0.3) is 0 Å². The molecule has 0 heterocycles. The molecule has 0 saturated carbocycles. The van der Waals surface area contributed by atoms with E-state index in [1.807, 2.05) is 12.1 Å². The normalized spacial score (nSPS) is 9.14. The summed E-state index contributed by atoms with van der Waals surface area (Å²) in [5.41, 5.74) is 0. The summed E-state index contributed by atoms with van der Waals surface area (Å²) in [7, 11) is 1.28. The second-order valence-electron chi connectivity index (χ2n) is 2.78. The van der Waals surface area contributed by atoms with Gasteiger partial charge in [-0.05, 0) is 19.2 Å². The molecule has 0 saturated heterocycles. The number of hydrogen-bond donors (Lipinski definition) is 0. The van der Waals surface area contributed by atoms with Gasteiger partial charge in [-0.15, -0.1) is 0 Å². The van der Waals surface area contributed by atoms with Crippen molar-refractivity contribution in [2.75, 3.05) is 0 Å². The van der Waals surface area contributed by atoms with E-state index < -0.39 is 0 Å². The molecule has 0 nitrogen and oxygen atoms in total. The Balaban J connectivity index is 0.000000980. The van der Waals surface area contributed by atoms with E-state index >= 15 is 0 Å². The topological polar surface area (TPSA) is 0 Å². The Morgan fingerprint density at radius 3 is 1.29 bits per heavy atom. The first-order chi connectivity index (χ1) is 6.45. The fraction of sp³-hybridized carbons (Fsp3) is 0. The van der Waals surface area contributed by atoms with Crippen molar-refractivity contribution in [3.8, 4) is 0 Å². The first kappa shape index (κ1) is 12.6. The van der Waals surface area contributed by atoms with Crippen molar-refractivity contribution in [3.63, 3.8) is 0 Å². The SMILES string of the molecule is [KH].c1ccc([P]c2ccccc2)cc1. The molecule has 0 amide bonds. The van der Waals surface area contributed by atoms with Gasteiger partial charge in [0.05, 0.1) is 0 Å². The van der Waals surface area contributed by atoms with Crippen LogP contribution in [0.2, 0.25) is 0 Å². The van der Waals surface area contributed by atoms with Gasteiger partial charge in [0, 0.05) is 0 Å². The van der Waals surface area contributed by atoms with Gasteiger partial charge >= 0.3 is 51.4 Å². The van der Waals surface area contributed by atoms with Crippen molar-refractivity contribution >= 4 is 70.6 Å². The van der Waals surface area contributed by atoms with Crippen LogP contribution in [0.1, 0.15) is 0 Å². The molecule has 2 aromatic carbocycles. The van der Waals surface area contributed by atoms with Gasteiger partial charge in [0.25, 0.3) is 0 Å². The van der Waals surface area contributed by atoms with Crippen LogP contribution in [0, 0.1) is 0 Å². The molecule has 0 spiro atoms. The van der Waals surface area contributed by atoms with Crippen LogP contribution in [-0.4, -0.2) is 51.4 Å². The molecular formula is C12H11KP. The van der Waals surface area contributed by atoms with Crippen molar-refractivity contribution < 1.29 is 0 Å². The van der Waals surface area contributed by atoms with E-state index in [2.05, 4.69) is 48.5 Å². The monoisotopic (exact) mass is 225 g/mol. The summed E-state index contributed by atoms with van der Waals surface area (Å²) in [6, 6.07) is 21.0. The third-order valence-corrected chi connectivity index (χ3v) is 2.88. The molecule has 0 aliphatic rings.